The molecular formula is C17H20ClNO6S. The van der Waals surface area contributed by atoms with Gasteiger partial charge in [-0.2, -0.15) is 4.31 Å². The molecule has 2 fully saturated rings. The molecule has 1 aliphatic heterocycles. The molecule has 1 atom stereocenters. The molecular weight excluding hydrogens is 382 g/mol. The van der Waals surface area contributed by atoms with Crippen LogP contribution in [0.1, 0.15) is 36.0 Å². The molecule has 0 bridgehead atoms. The second-order valence-electron chi connectivity index (χ2n) is 6.26. The molecule has 1 unspecified atom stereocenters. The normalized spacial score (nSPS) is 22.2. The molecule has 0 radical (unpaired) electrons. The number of ether oxygens (including phenoxy) is 2. The summed E-state index contributed by atoms with van der Waals surface area (Å²) in [4.78, 5) is 24.3. The van der Waals surface area contributed by atoms with Crippen molar-refractivity contribution in [2.45, 2.75) is 36.7 Å². The van der Waals surface area contributed by atoms with Crippen LogP contribution in [-0.2, 0) is 24.3 Å². The number of nitrogens with zero attached hydrogens (tertiary/aromatic N) is 1. The maximum atomic E-state index is 12.7. The lowest BCUT2D eigenvalue weighted by Gasteiger charge is -2.26. The predicted octanol–water partition coefficient (Wildman–Crippen LogP) is 2.03. The second kappa shape index (κ2) is 8.04. The Morgan fingerprint density at radius 3 is 2.65 bits per heavy atom. The largest absolute Gasteiger partial charge is 0.451 e. The summed E-state index contributed by atoms with van der Waals surface area (Å²) in [7, 11) is -3.76. The maximum Gasteiger partial charge on any atom is 0.340 e. The third-order valence-corrected chi connectivity index (χ3v) is 6.74. The molecule has 3 rings (SSSR count). The van der Waals surface area contributed by atoms with Crippen LogP contribution in [0.3, 0.4) is 0 Å². The van der Waals surface area contributed by atoms with Gasteiger partial charge in [-0.15, -0.1) is 0 Å². The number of hydrogen-bond acceptors (Lipinski definition) is 6. The predicted molar refractivity (Wildman–Crippen MR) is 93.7 cm³/mol. The standard InChI is InChI=1S/C17H20ClNO6S/c18-14-6-5-12(26(22,23)19-7-9-24-10-8-19)11-13(14)17(21)25-16-4-2-1-3-15(16)20/h5-6,11,16H,1-4,7-10H2. The average molecular weight is 402 g/mol. The van der Waals surface area contributed by atoms with E-state index in [4.69, 9.17) is 21.1 Å². The third kappa shape index (κ3) is 4.09. The Kier molecular flexibility index (Phi) is 5.96. The van der Waals surface area contributed by atoms with E-state index >= 15 is 0 Å². The van der Waals surface area contributed by atoms with E-state index in [9.17, 15) is 18.0 Å². The number of carbonyl (C=O) groups excluding carboxylic acids is 2. The fourth-order valence-electron chi connectivity index (χ4n) is 3.03. The molecule has 0 aromatic heterocycles. The van der Waals surface area contributed by atoms with Crippen LogP contribution in [0.5, 0.6) is 0 Å². The van der Waals surface area contributed by atoms with Crippen molar-refractivity contribution in [2.24, 2.45) is 0 Å². The van der Waals surface area contributed by atoms with Crippen molar-refractivity contribution < 1.29 is 27.5 Å². The Bertz CT molecular complexity index is 803. The molecule has 1 heterocycles. The highest BCUT2D eigenvalue weighted by Crippen LogP contribution is 2.26. The van der Waals surface area contributed by atoms with Gasteiger partial charge in [-0.05, 0) is 37.5 Å². The van der Waals surface area contributed by atoms with Crippen molar-refractivity contribution in [1.29, 1.82) is 0 Å². The fraction of sp³-hybridized carbons (Fsp3) is 0.529. The lowest BCUT2D eigenvalue weighted by Crippen LogP contribution is -2.40. The van der Waals surface area contributed by atoms with Crippen molar-refractivity contribution in [2.75, 3.05) is 26.3 Å². The molecule has 142 valence electrons. The zero-order chi connectivity index (χ0) is 18.7. The fourth-order valence-corrected chi connectivity index (χ4v) is 4.65. The smallest absolute Gasteiger partial charge is 0.340 e. The highest BCUT2D eigenvalue weighted by atomic mass is 35.5. The summed E-state index contributed by atoms with van der Waals surface area (Å²) in [5.74, 6) is -0.896. The molecule has 1 saturated heterocycles. The van der Waals surface area contributed by atoms with Gasteiger partial charge in [-0.25, -0.2) is 13.2 Å². The molecule has 1 aliphatic carbocycles. The van der Waals surface area contributed by atoms with Crippen molar-refractivity contribution >= 4 is 33.4 Å². The summed E-state index contributed by atoms with van der Waals surface area (Å²) in [6.07, 6.45) is 1.68. The molecule has 1 saturated carbocycles. The first kappa shape index (κ1) is 19.3. The minimum absolute atomic E-state index is 0.0364. The van der Waals surface area contributed by atoms with Crippen molar-refractivity contribution in [3.05, 3.63) is 28.8 Å². The van der Waals surface area contributed by atoms with Gasteiger partial charge in [0.15, 0.2) is 11.9 Å². The van der Waals surface area contributed by atoms with E-state index in [1.807, 2.05) is 0 Å². The van der Waals surface area contributed by atoms with E-state index in [2.05, 4.69) is 0 Å². The van der Waals surface area contributed by atoms with Crippen LogP contribution in [0.2, 0.25) is 5.02 Å². The SMILES string of the molecule is O=C(OC1CCCCC1=O)c1cc(S(=O)(=O)N2CCOCC2)ccc1Cl. The first-order valence-corrected chi connectivity index (χ1v) is 10.3. The van der Waals surface area contributed by atoms with Gasteiger partial charge < -0.3 is 9.47 Å². The van der Waals surface area contributed by atoms with E-state index in [1.54, 1.807) is 0 Å². The lowest BCUT2D eigenvalue weighted by atomic mass is 9.96. The Morgan fingerprint density at radius 2 is 1.96 bits per heavy atom. The maximum absolute atomic E-state index is 12.7. The molecule has 7 nitrogen and oxygen atoms in total. The van der Waals surface area contributed by atoms with Crippen LogP contribution < -0.4 is 0 Å². The number of hydrogen-bond donors (Lipinski definition) is 0. The van der Waals surface area contributed by atoms with E-state index in [-0.39, 0.29) is 34.4 Å². The van der Waals surface area contributed by atoms with Gasteiger partial charge in [0.1, 0.15) is 0 Å². The molecule has 1 aromatic rings. The van der Waals surface area contributed by atoms with Crippen LogP contribution in [0.15, 0.2) is 23.1 Å². The molecule has 9 heteroatoms. The zero-order valence-corrected chi connectivity index (χ0v) is 15.7. The van der Waals surface area contributed by atoms with Gasteiger partial charge in [-0.3, -0.25) is 4.79 Å². The molecule has 26 heavy (non-hydrogen) atoms. The molecule has 1 aromatic carbocycles. The van der Waals surface area contributed by atoms with Crippen molar-refractivity contribution in [1.82, 2.24) is 4.31 Å². The summed E-state index contributed by atoms with van der Waals surface area (Å²) in [6, 6.07) is 3.92. The third-order valence-electron chi connectivity index (χ3n) is 4.51. The van der Waals surface area contributed by atoms with Gasteiger partial charge in [0.05, 0.1) is 28.7 Å². The number of benzene rings is 1. The van der Waals surface area contributed by atoms with Gasteiger partial charge >= 0.3 is 5.97 Å². The summed E-state index contributed by atoms with van der Waals surface area (Å²) in [5.41, 5.74) is -0.0561. The number of Topliss-reactive ketones (excluding diaryl/α,β-unsaturated/α-hetero) is 1. The first-order chi connectivity index (χ1) is 12.4. The number of halogens is 1. The Balaban J connectivity index is 1.83. The quantitative estimate of drug-likeness (QED) is 0.717. The van der Waals surface area contributed by atoms with Crippen LogP contribution >= 0.6 is 11.6 Å². The minimum Gasteiger partial charge on any atom is -0.451 e. The number of sulfonamides is 1. The summed E-state index contributed by atoms with van der Waals surface area (Å²) in [5, 5.41) is 0.0826. The molecule has 0 amide bonds. The van der Waals surface area contributed by atoms with Crippen LogP contribution in [0.4, 0.5) is 0 Å². The van der Waals surface area contributed by atoms with Gasteiger partial charge in [0, 0.05) is 19.5 Å². The van der Waals surface area contributed by atoms with Crippen molar-refractivity contribution in [3.8, 4) is 0 Å². The molecule has 0 N–H and O–H groups in total. The lowest BCUT2D eigenvalue weighted by molar-refractivity contribution is -0.129. The molecule has 2 aliphatic rings. The van der Waals surface area contributed by atoms with Gasteiger partial charge in [-0.1, -0.05) is 11.6 Å². The Morgan fingerprint density at radius 1 is 1.23 bits per heavy atom. The molecule has 0 spiro atoms. The van der Waals surface area contributed by atoms with Gasteiger partial charge in [0.2, 0.25) is 10.0 Å². The number of morpholine rings is 1. The monoisotopic (exact) mass is 401 g/mol. The van der Waals surface area contributed by atoms with E-state index < -0.39 is 22.1 Å². The average Bonchev–Trinajstić information content (AvgIpc) is 2.64. The number of rotatable bonds is 4. The highest BCUT2D eigenvalue weighted by Gasteiger charge is 2.30. The first-order valence-electron chi connectivity index (χ1n) is 8.51. The summed E-state index contributed by atoms with van der Waals surface area (Å²) in [6.45, 7) is 1.15. The highest BCUT2D eigenvalue weighted by molar-refractivity contribution is 7.89. The van der Waals surface area contributed by atoms with E-state index in [0.29, 0.717) is 26.1 Å². The number of esters is 1. The van der Waals surface area contributed by atoms with E-state index in [1.165, 1.54) is 22.5 Å². The summed E-state index contributed by atoms with van der Waals surface area (Å²) < 4.78 is 37.2. The summed E-state index contributed by atoms with van der Waals surface area (Å²) >= 11 is 6.07. The van der Waals surface area contributed by atoms with E-state index in [0.717, 1.165) is 12.8 Å². The Labute approximate surface area is 157 Å². The number of carbonyl (C=O) groups is 2. The number of ketones is 1. The minimum atomic E-state index is -3.76. The van der Waals surface area contributed by atoms with Crippen LogP contribution in [0.25, 0.3) is 0 Å². The second-order valence-corrected chi connectivity index (χ2v) is 8.61. The topological polar surface area (TPSA) is 90.0 Å². The Hall–Kier alpha value is -1.48. The van der Waals surface area contributed by atoms with Crippen molar-refractivity contribution in [3.63, 3.8) is 0 Å². The van der Waals surface area contributed by atoms with Crippen LogP contribution in [0, 0.1) is 0 Å². The zero-order valence-electron chi connectivity index (χ0n) is 14.1. The van der Waals surface area contributed by atoms with Crippen LogP contribution in [-0.4, -0.2) is 56.9 Å². The van der Waals surface area contributed by atoms with Gasteiger partial charge in [0.25, 0.3) is 0 Å².